The summed E-state index contributed by atoms with van der Waals surface area (Å²) in [7, 11) is 0. The van der Waals surface area contributed by atoms with E-state index in [0.717, 1.165) is 23.3 Å². The molecule has 94 valence electrons. The molecular weight excluding hydrogens is 214 g/mol. The van der Waals surface area contributed by atoms with Gasteiger partial charge in [-0.05, 0) is 44.3 Å². The summed E-state index contributed by atoms with van der Waals surface area (Å²) in [5.74, 6) is 2.33. The van der Waals surface area contributed by atoms with E-state index in [2.05, 4.69) is 30.9 Å². The van der Waals surface area contributed by atoms with Crippen LogP contribution in [0.5, 0.6) is 0 Å². The minimum absolute atomic E-state index is 0.751. The van der Waals surface area contributed by atoms with Crippen LogP contribution in [-0.4, -0.2) is 23.1 Å². The van der Waals surface area contributed by atoms with E-state index in [0.29, 0.717) is 0 Å². The molecule has 2 fully saturated rings. The van der Waals surface area contributed by atoms with Gasteiger partial charge in [0.25, 0.3) is 0 Å². The fourth-order valence-corrected chi connectivity index (χ4v) is 4.32. The van der Waals surface area contributed by atoms with E-state index >= 15 is 0 Å². The molecule has 0 heterocycles. The van der Waals surface area contributed by atoms with Crippen LogP contribution < -0.4 is 5.32 Å². The third-order valence-electron chi connectivity index (χ3n) is 4.22. The molecule has 0 aromatic carbocycles. The van der Waals surface area contributed by atoms with Crippen LogP contribution in [0.3, 0.4) is 0 Å². The zero-order chi connectivity index (χ0) is 11.4. The number of hydrogen-bond acceptors (Lipinski definition) is 2. The number of thioether (sulfide) groups is 1. The van der Waals surface area contributed by atoms with E-state index in [4.69, 9.17) is 0 Å². The monoisotopic (exact) mass is 241 g/mol. The zero-order valence-electron chi connectivity index (χ0n) is 10.9. The fraction of sp³-hybridized carbons (Fsp3) is 1.00. The van der Waals surface area contributed by atoms with Gasteiger partial charge in [-0.1, -0.05) is 26.2 Å². The molecule has 0 amide bonds. The van der Waals surface area contributed by atoms with Crippen LogP contribution in [0, 0.1) is 5.92 Å². The highest BCUT2D eigenvalue weighted by Gasteiger charge is 2.26. The summed E-state index contributed by atoms with van der Waals surface area (Å²) in [6.45, 7) is 4.67. The Morgan fingerprint density at radius 2 is 2.06 bits per heavy atom. The maximum Gasteiger partial charge on any atom is 0.00804 e. The number of rotatable bonds is 6. The first-order valence-electron chi connectivity index (χ1n) is 7.15. The molecule has 2 saturated carbocycles. The van der Waals surface area contributed by atoms with Crippen LogP contribution in [-0.2, 0) is 0 Å². The molecule has 3 atom stereocenters. The highest BCUT2D eigenvalue weighted by Crippen LogP contribution is 2.32. The highest BCUT2D eigenvalue weighted by atomic mass is 32.2. The van der Waals surface area contributed by atoms with Crippen molar-refractivity contribution < 1.29 is 0 Å². The van der Waals surface area contributed by atoms with Crippen LogP contribution >= 0.6 is 11.8 Å². The van der Waals surface area contributed by atoms with Crippen molar-refractivity contribution in [1.82, 2.24) is 5.32 Å². The van der Waals surface area contributed by atoms with Crippen molar-refractivity contribution in [1.29, 1.82) is 0 Å². The summed E-state index contributed by atoms with van der Waals surface area (Å²) in [4.78, 5) is 0. The van der Waals surface area contributed by atoms with Gasteiger partial charge in [0.1, 0.15) is 0 Å². The summed E-state index contributed by atoms with van der Waals surface area (Å²) >= 11 is 2.16. The summed E-state index contributed by atoms with van der Waals surface area (Å²) in [6.07, 6.45) is 10.1. The lowest BCUT2D eigenvalue weighted by atomic mass is 9.81. The summed E-state index contributed by atoms with van der Waals surface area (Å²) in [5, 5.41) is 4.80. The molecule has 16 heavy (non-hydrogen) atoms. The molecule has 0 spiro atoms. The molecule has 0 radical (unpaired) electrons. The Bertz CT molecular complexity index is 203. The van der Waals surface area contributed by atoms with Crippen molar-refractivity contribution in [2.75, 3.05) is 5.75 Å². The van der Waals surface area contributed by atoms with Gasteiger partial charge in [0.2, 0.25) is 0 Å². The van der Waals surface area contributed by atoms with Crippen molar-refractivity contribution in [3.8, 4) is 0 Å². The summed E-state index contributed by atoms with van der Waals surface area (Å²) in [5.41, 5.74) is 0. The second kappa shape index (κ2) is 6.30. The minimum atomic E-state index is 0.751. The Balaban J connectivity index is 1.61. The van der Waals surface area contributed by atoms with Crippen molar-refractivity contribution in [3.05, 3.63) is 0 Å². The largest absolute Gasteiger partial charge is 0.311 e. The van der Waals surface area contributed by atoms with Gasteiger partial charge >= 0.3 is 0 Å². The lowest BCUT2D eigenvalue weighted by Crippen LogP contribution is -2.37. The van der Waals surface area contributed by atoms with Crippen molar-refractivity contribution >= 4 is 11.8 Å². The van der Waals surface area contributed by atoms with Crippen molar-refractivity contribution in [2.45, 2.75) is 76.1 Å². The maximum absolute atomic E-state index is 3.85. The van der Waals surface area contributed by atoms with Gasteiger partial charge in [0, 0.05) is 17.3 Å². The predicted octanol–water partition coefficient (Wildman–Crippen LogP) is 3.83. The molecule has 0 aromatic heterocycles. The standard InChI is InChI=1S/C14H27NS/c1-3-16-14-8-7-13(10-14)15-11(2)9-12-5-4-6-12/h11-15H,3-10H2,1-2H3. The Morgan fingerprint density at radius 1 is 1.25 bits per heavy atom. The average Bonchev–Trinajstić information content (AvgIpc) is 2.60. The van der Waals surface area contributed by atoms with Crippen LogP contribution in [0.4, 0.5) is 0 Å². The molecule has 1 N–H and O–H groups in total. The first-order chi connectivity index (χ1) is 7.78. The second-order valence-electron chi connectivity index (χ2n) is 5.69. The summed E-state index contributed by atoms with van der Waals surface area (Å²) < 4.78 is 0. The first kappa shape index (κ1) is 12.8. The van der Waals surface area contributed by atoms with E-state index in [9.17, 15) is 0 Å². The minimum Gasteiger partial charge on any atom is -0.311 e. The number of nitrogens with one attached hydrogen (secondary N) is 1. The predicted molar refractivity (Wildman–Crippen MR) is 74.1 cm³/mol. The highest BCUT2D eigenvalue weighted by molar-refractivity contribution is 7.99. The van der Waals surface area contributed by atoms with Crippen LogP contribution in [0.15, 0.2) is 0 Å². The Hall–Kier alpha value is 0.310. The topological polar surface area (TPSA) is 12.0 Å². The lowest BCUT2D eigenvalue weighted by molar-refractivity contribution is 0.257. The van der Waals surface area contributed by atoms with E-state index in [1.807, 2.05) is 0 Å². The zero-order valence-corrected chi connectivity index (χ0v) is 11.7. The summed E-state index contributed by atoms with van der Waals surface area (Å²) in [6, 6.07) is 1.57. The Morgan fingerprint density at radius 3 is 2.69 bits per heavy atom. The third kappa shape index (κ3) is 3.66. The lowest BCUT2D eigenvalue weighted by Gasteiger charge is -2.30. The quantitative estimate of drug-likeness (QED) is 0.758. The molecule has 2 aliphatic carbocycles. The molecule has 1 nitrogen and oxygen atoms in total. The molecule has 0 aromatic rings. The molecule has 2 rings (SSSR count). The molecule has 2 aliphatic rings. The molecule has 0 bridgehead atoms. The van der Waals surface area contributed by atoms with E-state index in [1.165, 1.54) is 50.7 Å². The second-order valence-corrected chi connectivity index (χ2v) is 7.27. The van der Waals surface area contributed by atoms with Crippen molar-refractivity contribution in [3.63, 3.8) is 0 Å². The Kier molecular flexibility index (Phi) is 5.02. The molecule has 0 aliphatic heterocycles. The molecular formula is C14H27NS. The van der Waals surface area contributed by atoms with E-state index in [1.54, 1.807) is 0 Å². The van der Waals surface area contributed by atoms with Gasteiger partial charge in [0.15, 0.2) is 0 Å². The molecule has 3 unspecified atom stereocenters. The van der Waals surface area contributed by atoms with Gasteiger partial charge in [-0.15, -0.1) is 0 Å². The van der Waals surface area contributed by atoms with Gasteiger partial charge < -0.3 is 5.32 Å². The van der Waals surface area contributed by atoms with Gasteiger partial charge in [-0.25, -0.2) is 0 Å². The average molecular weight is 241 g/mol. The van der Waals surface area contributed by atoms with Crippen LogP contribution in [0.25, 0.3) is 0 Å². The fourth-order valence-electron chi connectivity index (χ4n) is 3.18. The van der Waals surface area contributed by atoms with Crippen LogP contribution in [0.1, 0.15) is 58.8 Å². The van der Waals surface area contributed by atoms with E-state index in [-0.39, 0.29) is 0 Å². The van der Waals surface area contributed by atoms with Crippen molar-refractivity contribution in [2.24, 2.45) is 5.92 Å². The third-order valence-corrected chi connectivity index (χ3v) is 5.45. The van der Waals surface area contributed by atoms with Gasteiger partial charge in [-0.3, -0.25) is 0 Å². The Labute approximate surface area is 105 Å². The van der Waals surface area contributed by atoms with Gasteiger partial charge in [-0.2, -0.15) is 11.8 Å². The normalized spacial score (nSPS) is 32.6. The number of hydrogen-bond donors (Lipinski definition) is 1. The maximum atomic E-state index is 3.85. The van der Waals surface area contributed by atoms with Gasteiger partial charge in [0.05, 0.1) is 0 Å². The SMILES string of the molecule is CCSC1CCC(NC(C)CC2CCC2)C1. The van der Waals surface area contributed by atoms with Crippen LogP contribution in [0.2, 0.25) is 0 Å². The first-order valence-corrected chi connectivity index (χ1v) is 8.20. The van der Waals surface area contributed by atoms with E-state index < -0.39 is 0 Å². The smallest absolute Gasteiger partial charge is 0.00804 e. The molecule has 2 heteroatoms. The molecule has 0 saturated heterocycles.